The van der Waals surface area contributed by atoms with Crippen molar-refractivity contribution in [2.24, 2.45) is 0 Å². The molecule has 5 aromatic rings. The number of nitrogens with one attached hydrogen (secondary N) is 1. The average molecular weight is 429 g/mol. The van der Waals surface area contributed by atoms with Crippen LogP contribution >= 0.6 is 0 Å². The van der Waals surface area contributed by atoms with Gasteiger partial charge in [0, 0.05) is 18.6 Å². The monoisotopic (exact) mass is 429 g/mol. The van der Waals surface area contributed by atoms with Crippen molar-refractivity contribution in [3.63, 3.8) is 0 Å². The third kappa shape index (κ3) is 3.18. The Hall–Kier alpha value is -4.47. The molecule has 0 unspecified atom stereocenters. The second kappa shape index (κ2) is 7.65. The van der Waals surface area contributed by atoms with E-state index in [2.05, 4.69) is 25.7 Å². The Morgan fingerprint density at radius 3 is 2.66 bits per heavy atom. The molecule has 0 bridgehead atoms. The van der Waals surface area contributed by atoms with Gasteiger partial charge in [0.25, 0.3) is 11.5 Å². The number of rotatable bonds is 4. The van der Waals surface area contributed by atoms with Crippen LogP contribution in [0.3, 0.4) is 0 Å². The van der Waals surface area contributed by atoms with Crippen molar-refractivity contribution in [1.29, 1.82) is 0 Å². The fraction of sp³-hybridized carbons (Fsp3) is 0.0909. The highest BCUT2D eigenvalue weighted by molar-refractivity contribution is 5.99. The Morgan fingerprint density at radius 2 is 1.94 bits per heavy atom. The molecular formula is C22H16FN7O2. The minimum Gasteiger partial charge on any atom is -0.267 e. The summed E-state index contributed by atoms with van der Waals surface area (Å²) in [6.07, 6.45) is 4.99. The summed E-state index contributed by atoms with van der Waals surface area (Å²) in [4.78, 5) is 29.2. The molecule has 0 aliphatic carbocycles. The van der Waals surface area contributed by atoms with Crippen LogP contribution in [0.2, 0.25) is 0 Å². The maximum absolute atomic E-state index is 13.4. The zero-order valence-electron chi connectivity index (χ0n) is 16.9. The number of amides is 1. The predicted molar refractivity (Wildman–Crippen MR) is 115 cm³/mol. The van der Waals surface area contributed by atoms with Gasteiger partial charge in [-0.2, -0.15) is 5.10 Å². The molecule has 10 heteroatoms. The summed E-state index contributed by atoms with van der Waals surface area (Å²) in [5.41, 5.74) is 5.45. The first-order valence-corrected chi connectivity index (χ1v) is 9.84. The lowest BCUT2D eigenvalue weighted by atomic mass is 10.0. The molecule has 0 aliphatic rings. The van der Waals surface area contributed by atoms with E-state index in [1.54, 1.807) is 41.0 Å². The first-order valence-electron chi connectivity index (χ1n) is 9.84. The lowest BCUT2D eigenvalue weighted by Crippen LogP contribution is -2.33. The molecule has 4 heterocycles. The van der Waals surface area contributed by atoms with Gasteiger partial charge in [-0.3, -0.25) is 20.0 Å². The third-order valence-electron chi connectivity index (χ3n) is 5.07. The van der Waals surface area contributed by atoms with Gasteiger partial charge in [0.2, 0.25) is 0 Å². The van der Waals surface area contributed by atoms with Crippen LogP contribution in [0.5, 0.6) is 0 Å². The first-order chi connectivity index (χ1) is 15.6. The molecule has 1 aromatic carbocycles. The third-order valence-corrected chi connectivity index (χ3v) is 5.07. The summed E-state index contributed by atoms with van der Waals surface area (Å²) in [5.74, 6) is -0.826. The number of nitrogens with zero attached hydrogens (tertiary/aromatic N) is 6. The van der Waals surface area contributed by atoms with E-state index in [1.807, 2.05) is 6.92 Å². The van der Waals surface area contributed by atoms with E-state index < -0.39 is 11.5 Å². The molecule has 0 atom stereocenters. The molecule has 0 aliphatic heterocycles. The number of hydrogen-bond acceptors (Lipinski definition) is 6. The SMILES string of the molecule is CCc1nn2c(nnc3c(=O)n(NC(=O)c4cccnc4)ccc32)c1-c1ccc(F)cc1. The minimum atomic E-state index is -0.550. The minimum absolute atomic E-state index is 0.0438. The number of carbonyl (C=O) groups excluding carboxylic acids is 1. The Balaban J connectivity index is 1.63. The van der Waals surface area contributed by atoms with Gasteiger partial charge in [0.05, 0.1) is 16.8 Å². The van der Waals surface area contributed by atoms with Gasteiger partial charge < -0.3 is 0 Å². The van der Waals surface area contributed by atoms with E-state index in [9.17, 15) is 14.0 Å². The zero-order chi connectivity index (χ0) is 22.2. The van der Waals surface area contributed by atoms with Gasteiger partial charge in [-0.25, -0.2) is 13.6 Å². The summed E-state index contributed by atoms with van der Waals surface area (Å²) >= 11 is 0. The quantitative estimate of drug-likeness (QED) is 0.471. The van der Waals surface area contributed by atoms with Crippen LogP contribution in [-0.4, -0.2) is 35.4 Å². The standard InChI is InChI=1S/C22H16FN7O2/c1-2-16-18(13-5-7-15(23)8-6-13)20-26-25-19-17(30(20)27-16)9-11-29(22(19)32)28-21(31)14-4-3-10-24-12-14/h3-12H,2H2,1H3,(H,28,31). The summed E-state index contributed by atoms with van der Waals surface area (Å²) in [6, 6.07) is 10.9. The second-order valence-corrected chi connectivity index (χ2v) is 7.02. The highest BCUT2D eigenvalue weighted by Gasteiger charge is 2.19. The lowest BCUT2D eigenvalue weighted by Gasteiger charge is -2.09. The smallest absolute Gasteiger partial charge is 0.267 e. The van der Waals surface area contributed by atoms with Crippen LogP contribution in [-0.2, 0) is 6.42 Å². The number of carbonyl (C=O) groups is 1. The van der Waals surface area contributed by atoms with E-state index in [-0.39, 0.29) is 11.3 Å². The Labute approximate surface area is 180 Å². The van der Waals surface area contributed by atoms with E-state index in [4.69, 9.17) is 0 Å². The van der Waals surface area contributed by atoms with Crippen LogP contribution in [0.1, 0.15) is 23.0 Å². The fourth-order valence-electron chi connectivity index (χ4n) is 3.51. The topological polar surface area (TPSA) is 107 Å². The number of aromatic nitrogens is 6. The van der Waals surface area contributed by atoms with Crippen molar-refractivity contribution in [3.05, 3.63) is 88.5 Å². The molecule has 9 nitrogen and oxygen atoms in total. The van der Waals surface area contributed by atoms with Crippen LogP contribution in [0, 0.1) is 5.82 Å². The molecule has 0 saturated carbocycles. The predicted octanol–water partition coefficient (Wildman–Crippen LogP) is 2.59. The molecule has 32 heavy (non-hydrogen) atoms. The van der Waals surface area contributed by atoms with Gasteiger partial charge in [0.1, 0.15) is 11.3 Å². The summed E-state index contributed by atoms with van der Waals surface area (Å²) < 4.78 is 16.0. The Kier molecular flexibility index (Phi) is 4.66. The highest BCUT2D eigenvalue weighted by Crippen LogP contribution is 2.29. The van der Waals surface area contributed by atoms with E-state index in [1.165, 1.54) is 24.5 Å². The van der Waals surface area contributed by atoms with Crippen molar-refractivity contribution < 1.29 is 9.18 Å². The van der Waals surface area contributed by atoms with Crippen LogP contribution < -0.4 is 11.0 Å². The molecular weight excluding hydrogens is 413 g/mol. The van der Waals surface area contributed by atoms with Crippen LogP contribution in [0.4, 0.5) is 4.39 Å². The maximum atomic E-state index is 13.4. The van der Waals surface area contributed by atoms with Gasteiger partial charge in [-0.05, 0) is 42.3 Å². The highest BCUT2D eigenvalue weighted by atomic mass is 19.1. The zero-order valence-corrected chi connectivity index (χ0v) is 16.9. The van der Waals surface area contributed by atoms with Gasteiger partial charge >= 0.3 is 0 Å². The summed E-state index contributed by atoms with van der Waals surface area (Å²) in [7, 11) is 0. The number of hydrogen-bond donors (Lipinski definition) is 1. The first kappa shape index (κ1) is 19.5. The average Bonchev–Trinajstić information content (AvgIpc) is 3.21. The number of halogens is 1. The number of benzene rings is 1. The van der Waals surface area contributed by atoms with Crippen molar-refractivity contribution in [1.82, 2.24) is 29.5 Å². The van der Waals surface area contributed by atoms with Crippen LogP contribution in [0.25, 0.3) is 27.8 Å². The molecule has 1 amide bonds. The molecule has 0 fully saturated rings. The summed E-state index contributed by atoms with van der Waals surface area (Å²) in [5, 5.41) is 13.0. The fourth-order valence-corrected chi connectivity index (χ4v) is 3.51. The molecule has 1 N–H and O–H groups in total. The van der Waals surface area contributed by atoms with Crippen molar-refractivity contribution in [2.45, 2.75) is 13.3 Å². The van der Waals surface area contributed by atoms with Gasteiger partial charge in [0.15, 0.2) is 11.2 Å². The second-order valence-electron chi connectivity index (χ2n) is 7.02. The largest absolute Gasteiger partial charge is 0.299 e. The lowest BCUT2D eigenvalue weighted by molar-refractivity contribution is 0.101. The maximum Gasteiger partial charge on any atom is 0.299 e. The van der Waals surface area contributed by atoms with E-state index >= 15 is 0 Å². The van der Waals surface area contributed by atoms with Crippen molar-refractivity contribution in [3.8, 4) is 11.1 Å². The van der Waals surface area contributed by atoms with Crippen LogP contribution in [0.15, 0.2) is 65.8 Å². The molecule has 5 rings (SSSR count). The number of fused-ring (bicyclic) bond motifs is 3. The Bertz CT molecular complexity index is 1530. The van der Waals surface area contributed by atoms with Crippen molar-refractivity contribution >= 4 is 22.6 Å². The number of aryl methyl sites for hydroxylation is 1. The molecule has 0 saturated heterocycles. The van der Waals surface area contributed by atoms with Gasteiger partial charge in [-0.1, -0.05) is 19.1 Å². The van der Waals surface area contributed by atoms with E-state index in [0.29, 0.717) is 23.1 Å². The van der Waals surface area contributed by atoms with Gasteiger partial charge in [-0.15, -0.1) is 10.2 Å². The summed E-state index contributed by atoms with van der Waals surface area (Å²) in [6.45, 7) is 1.95. The molecule has 0 spiro atoms. The normalized spacial score (nSPS) is 11.2. The Morgan fingerprint density at radius 1 is 1.12 bits per heavy atom. The van der Waals surface area contributed by atoms with E-state index in [0.717, 1.165) is 21.5 Å². The molecule has 0 radical (unpaired) electrons. The van der Waals surface area contributed by atoms with Crippen molar-refractivity contribution in [2.75, 3.05) is 5.43 Å². The number of pyridine rings is 2. The molecule has 158 valence electrons. The molecule has 4 aromatic heterocycles.